The van der Waals surface area contributed by atoms with Crippen LogP contribution in [0.2, 0.25) is 0 Å². The third kappa shape index (κ3) is 5.39. The van der Waals surface area contributed by atoms with Gasteiger partial charge in [0.25, 0.3) is 0 Å². The van der Waals surface area contributed by atoms with E-state index in [1.165, 1.54) is 0 Å². The number of ether oxygens (including phenoxy) is 2. The van der Waals surface area contributed by atoms with Crippen molar-refractivity contribution in [2.45, 2.75) is 31.6 Å². The van der Waals surface area contributed by atoms with Crippen molar-refractivity contribution in [2.75, 3.05) is 19.8 Å². The largest absolute Gasteiger partial charge is 0.489 e. The van der Waals surface area contributed by atoms with Gasteiger partial charge in [0, 0.05) is 18.0 Å². The Kier molecular flexibility index (Phi) is 6.87. The molecule has 1 saturated heterocycles. The highest BCUT2D eigenvalue weighted by Gasteiger charge is 2.36. The molecular formula is C26H27N3O5. The topological polar surface area (TPSA) is 106 Å². The number of nitrogens with zero attached hydrogens (tertiary/aromatic N) is 2. The molecule has 3 aromatic rings. The van der Waals surface area contributed by atoms with Crippen molar-refractivity contribution < 1.29 is 24.5 Å². The maximum absolute atomic E-state index is 11.3. The zero-order valence-corrected chi connectivity index (χ0v) is 19.1. The van der Waals surface area contributed by atoms with E-state index < -0.39 is 23.8 Å². The lowest BCUT2D eigenvalue weighted by atomic mass is 10.0. The molecule has 8 heteroatoms. The molecule has 1 aliphatic heterocycles. The number of hydrogen-bond acceptors (Lipinski definition) is 6. The van der Waals surface area contributed by atoms with E-state index in [4.69, 9.17) is 9.47 Å². The van der Waals surface area contributed by atoms with Crippen molar-refractivity contribution in [3.05, 3.63) is 72.3 Å². The van der Waals surface area contributed by atoms with Gasteiger partial charge >= 0.3 is 6.09 Å². The summed E-state index contributed by atoms with van der Waals surface area (Å²) in [4.78, 5) is 15.4. The van der Waals surface area contributed by atoms with E-state index in [2.05, 4.69) is 22.1 Å². The molecular weight excluding hydrogens is 434 g/mol. The minimum atomic E-state index is -0.748. The van der Waals surface area contributed by atoms with Gasteiger partial charge in [-0.2, -0.15) is 0 Å². The minimum Gasteiger partial charge on any atom is -0.489 e. The second kappa shape index (κ2) is 10.00. The summed E-state index contributed by atoms with van der Waals surface area (Å²) in [6.45, 7) is 3.96. The number of aromatic nitrogens is 2. The van der Waals surface area contributed by atoms with E-state index >= 15 is 0 Å². The van der Waals surface area contributed by atoms with Crippen LogP contribution in [0.25, 0.3) is 11.1 Å². The third-order valence-corrected chi connectivity index (χ3v) is 5.53. The van der Waals surface area contributed by atoms with Gasteiger partial charge in [-0.3, -0.25) is 0 Å². The summed E-state index contributed by atoms with van der Waals surface area (Å²) in [5.41, 5.74) is 2.20. The van der Waals surface area contributed by atoms with E-state index in [-0.39, 0.29) is 13.2 Å². The number of carbonyl (C=O) groups is 1. The molecule has 3 N–H and O–H groups in total. The Labute approximate surface area is 198 Å². The van der Waals surface area contributed by atoms with Crippen LogP contribution in [0.4, 0.5) is 4.79 Å². The van der Waals surface area contributed by atoms with Crippen molar-refractivity contribution in [2.24, 2.45) is 0 Å². The van der Waals surface area contributed by atoms with Gasteiger partial charge in [-0.05, 0) is 49.2 Å². The van der Waals surface area contributed by atoms with Crippen LogP contribution >= 0.6 is 0 Å². The van der Waals surface area contributed by atoms with Crippen LogP contribution in [0.1, 0.15) is 37.4 Å². The third-order valence-electron chi connectivity index (χ3n) is 5.53. The number of imidazole rings is 1. The van der Waals surface area contributed by atoms with E-state index in [1.807, 2.05) is 55.5 Å². The van der Waals surface area contributed by atoms with E-state index in [9.17, 15) is 15.0 Å². The fourth-order valence-electron chi connectivity index (χ4n) is 3.64. The number of aliphatic hydroxyl groups excluding tert-OH is 2. The zero-order chi connectivity index (χ0) is 24.1. The Morgan fingerprint density at radius 2 is 1.88 bits per heavy atom. The molecule has 0 aliphatic carbocycles. The Balaban J connectivity index is 1.40. The van der Waals surface area contributed by atoms with Gasteiger partial charge in [-0.1, -0.05) is 36.1 Å². The Morgan fingerprint density at radius 3 is 2.47 bits per heavy atom. The number of nitrogens with one attached hydrogen (secondary N) is 1. The molecule has 0 bridgehead atoms. The predicted octanol–water partition coefficient (Wildman–Crippen LogP) is 3.07. The van der Waals surface area contributed by atoms with E-state index in [0.29, 0.717) is 18.1 Å². The number of hydrogen-bond donors (Lipinski definition) is 3. The molecule has 0 unspecified atom stereocenters. The lowest BCUT2D eigenvalue weighted by Gasteiger charge is -2.21. The smallest absolute Gasteiger partial charge is 0.408 e. The molecule has 0 spiro atoms. The molecule has 2 aromatic carbocycles. The molecule has 0 saturated carbocycles. The van der Waals surface area contributed by atoms with Gasteiger partial charge in [-0.15, -0.1) is 0 Å². The number of benzene rings is 2. The normalized spacial score (nSPS) is 18.9. The minimum absolute atomic E-state index is 0.187. The molecule has 34 heavy (non-hydrogen) atoms. The van der Waals surface area contributed by atoms with Gasteiger partial charge in [0.2, 0.25) is 0 Å². The van der Waals surface area contributed by atoms with Gasteiger partial charge in [0.1, 0.15) is 30.3 Å². The number of rotatable bonds is 7. The summed E-state index contributed by atoms with van der Waals surface area (Å²) in [6, 6.07) is 15.0. The number of cyclic esters (lactones) is 1. The van der Waals surface area contributed by atoms with Crippen molar-refractivity contribution in [3.8, 4) is 28.7 Å². The van der Waals surface area contributed by atoms with Crippen LogP contribution < -0.4 is 10.1 Å². The Morgan fingerprint density at radius 1 is 1.21 bits per heavy atom. The first-order valence-corrected chi connectivity index (χ1v) is 11.0. The Bertz CT molecular complexity index is 1190. The molecule has 1 amide bonds. The van der Waals surface area contributed by atoms with Crippen molar-refractivity contribution in [3.63, 3.8) is 0 Å². The first-order valence-electron chi connectivity index (χ1n) is 11.0. The van der Waals surface area contributed by atoms with Crippen molar-refractivity contribution in [1.82, 2.24) is 14.9 Å². The SMILES string of the molecule is C[C@H](O)c1nccn1[C@@H](C#Cc1ccc(-c2ccc(OC[C@]3(C)CNC(=O)O3)cc2)cc1)CO. The second-order valence-electron chi connectivity index (χ2n) is 8.42. The summed E-state index contributed by atoms with van der Waals surface area (Å²) in [5.74, 6) is 7.30. The zero-order valence-electron chi connectivity index (χ0n) is 19.1. The molecule has 0 radical (unpaired) electrons. The molecule has 1 aliphatic rings. The molecule has 2 heterocycles. The summed E-state index contributed by atoms with van der Waals surface area (Å²) >= 11 is 0. The molecule has 4 rings (SSSR count). The highest BCUT2D eigenvalue weighted by molar-refractivity contribution is 5.70. The fraction of sp³-hybridized carbons (Fsp3) is 0.308. The number of carbonyl (C=O) groups excluding carboxylic acids is 1. The van der Waals surface area contributed by atoms with Crippen LogP contribution in [0.5, 0.6) is 5.75 Å². The first-order chi connectivity index (χ1) is 16.4. The number of alkyl carbamates (subject to hydrolysis) is 1. The first kappa shape index (κ1) is 23.4. The van der Waals surface area contributed by atoms with Crippen molar-refractivity contribution in [1.29, 1.82) is 0 Å². The molecule has 3 atom stereocenters. The summed E-state index contributed by atoms with van der Waals surface area (Å²) in [5, 5.41) is 22.2. The molecule has 1 fully saturated rings. The summed E-state index contributed by atoms with van der Waals surface area (Å²) in [7, 11) is 0. The average Bonchev–Trinajstić information content (AvgIpc) is 3.46. The summed E-state index contributed by atoms with van der Waals surface area (Å²) in [6.07, 6.45) is 2.11. The number of aliphatic hydroxyl groups is 2. The number of amides is 1. The highest BCUT2D eigenvalue weighted by atomic mass is 16.6. The van der Waals surface area contributed by atoms with Crippen LogP contribution in [-0.4, -0.2) is 51.2 Å². The standard InChI is InChI=1S/C26H27N3O5/c1-18(31)24-27-13-14-29(24)22(15-30)10-5-19-3-6-20(7-4-19)21-8-11-23(12-9-21)33-17-26(2)16-28-25(32)34-26/h3-4,6-9,11-14,18,22,30-31H,15-17H2,1-2H3,(H,28,32)/t18-,22-,26-/m0/s1. The van der Waals surface area contributed by atoms with Crippen LogP contribution in [0.15, 0.2) is 60.9 Å². The second-order valence-corrected chi connectivity index (χ2v) is 8.42. The highest BCUT2D eigenvalue weighted by Crippen LogP contribution is 2.24. The summed E-state index contributed by atoms with van der Waals surface area (Å²) < 4.78 is 12.7. The van der Waals surface area contributed by atoms with Gasteiger partial charge in [-0.25, -0.2) is 9.78 Å². The van der Waals surface area contributed by atoms with Crippen LogP contribution in [-0.2, 0) is 4.74 Å². The van der Waals surface area contributed by atoms with E-state index in [1.54, 1.807) is 23.9 Å². The lowest BCUT2D eigenvalue weighted by Crippen LogP contribution is -2.36. The lowest BCUT2D eigenvalue weighted by molar-refractivity contribution is 0.0308. The maximum Gasteiger partial charge on any atom is 0.408 e. The van der Waals surface area contributed by atoms with E-state index in [0.717, 1.165) is 16.7 Å². The van der Waals surface area contributed by atoms with Crippen LogP contribution in [0, 0.1) is 11.8 Å². The molecule has 176 valence electrons. The molecule has 8 nitrogen and oxygen atoms in total. The fourth-order valence-corrected chi connectivity index (χ4v) is 3.64. The average molecular weight is 462 g/mol. The molecule has 1 aromatic heterocycles. The quantitative estimate of drug-likeness (QED) is 0.467. The maximum atomic E-state index is 11.3. The van der Waals surface area contributed by atoms with Crippen LogP contribution in [0.3, 0.4) is 0 Å². The predicted molar refractivity (Wildman–Crippen MR) is 126 cm³/mol. The Hall–Kier alpha value is -3.80. The monoisotopic (exact) mass is 461 g/mol. The van der Waals surface area contributed by atoms with Gasteiger partial charge < -0.3 is 29.6 Å². The van der Waals surface area contributed by atoms with Gasteiger partial charge in [0.05, 0.1) is 13.2 Å². The van der Waals surface area contributed by atoms with Crippen molar-refractivity contribution >= 4 is 6.09 Å². The van der Waals surface area contributed by atoms with Gasteiger partial charge in [0.15, 0.2) is 5.60 Å².